The molecule has 1 aromatic heterocycles. The number of esters is 1. The molecular weight excluding hydrogens is 312 g/mol. The number of nitrogens with zero attached hydrogens (tertiary/aromatic N) is 2. The molecule has 0 N–H and O–H groups in total. The summed E-state index contributed by atoms with van der Waals surface area (Å²) in [5.74, 6) is 0.509. The summed E-state index contributed by atoms with van der Waals surface area (Å²) < 4.78 is 7.01. The maximum atomic E-state index is 11.5. The molecule has 0 radical (unpaired) electrons. The highest BCUT2D eigenvalue weighted by molar-refractivity contribution is 5.86. The molecule has 25 heavy (non-hydrogen) atoms. The van der Waals surface area contributed by atoms with Gasteiger partial charge in [-0.25, -0.2) is 9.78 Å². The van der Waals surface area contributed by atoms with E-state index in [-0.39, 0.29) is 5.97 Å². The monoisotopic (exact) mass is 332 g/mol. The molecule has 0 fully saturated rings. The van der Waals surface area contributed by atoms with Crippen LogP contribution in [0.1, 0.15) is 18.2 Å². The van der Waals surface area contributed by atoms with Crippen molar-refractivity contribution in [2.45, 2.75) is 13.5 Å². The first-order valence-corrected chi connectivity index (χ1v) is 8.27. The average Bonchev–Trinajstić information content (AvgIpc) is 3.05. The molecule has 0 aliphatic rings. The third-order valence-electron chi connectivity index (χ3n) is 3.70. The van der Waals surface area contributed by atoms with Gasteiger partial charge in [0.25, 0.3) is 0 Å². The molecule has 0 aliphatic carbocycles. The fourth-order valence-electron chi connectivity index (χ4n) is 2.58. The van der Waals surface area contributed by atoms with Gasteiger partial charge >= 0.3 is 5.97 Å². The second-order valence-electron chi connectivity index (χ2n) is 5.55. The lowest BCUT2D eigenvalue weighted by Gasteiger charge is -2.07. The van der Waals surface area contributed by atoms with E-state index < -0.39 is 0 Å². The zero-order chi connectivity index (χ0) is 17.5. The standard InChI is InChI=1S/C21H20N2O2/c1-2-25-20(24)14-13-19-16-23(15-17-9-5-3-6-10-17)21(22-19)18-11-7-4-8-12-18/h3-14,16H,2,15H2,1H3. The normalized spacial score (nSPS) is 10.9. The number of hydrogen-bond acceptors (Lipinski definition) is 3. The largest absolute Gasteiger partial charge is 0.463 e. The second kappa shape index (κ2) is 8.11. The lowest BCUT2D eigenvalue weighted by atomic mass is 10.2. The summed E-state index contributed by atoms with van der Waals surface area (Å²) in [6.45, 7) is 2.86. The van der Waals surface area contributed by atoms with Crippen molar-refractivity contribution in [3.05, 3.63) is 84.2 Å². The SMILES string of the molecule is CCOC(=O)C=Cc1cn(Cc2ccccc2)c(-c2ccccc2)n1. The van der Waals surface area contributed by atoms with E-state index in [1.54, 1.807) is 13.0 Å². The van der Waals surface area contributed by atoms with Crippen LogP contribution in [-0.2, 0) is 16.1 Å². The summed E-state index contributed by atoms with van der Waals surface area (Å²) in [6.07, 6.45) is 5.05. The first kappa shape index (κ1) is 16.7. The first-order chi connectivity index (χ1) is 12.3. The third kappa shape index (κ3) is 4.44. The number of benzene rings is 2. The van der Waals surface area contributed by atoms with Crippen LogP contribution in [0.15, 0.2) is 72.9 Å². The lowest BCUT2D eigenvalue weighted by Crippen LogP contribution is -2.00. The van der Waals surface area contributed by atoms with Crippen molar-refractivity contribution in [1.29, 1.82) is 0 Å². The molecule has 3 rings (SSSR count). The number of rotatable bonds is 6. The van der Waals surface area contributed by atoms with Gasteiger partial charge in [0.1, 0.15) is 5.82 Å². The van der Waals surface area contributed by atoms with Gasteiger partial charge in [-0.2, -0.15) is 0 Å². The van der Waals surface area contributed by atoms with Crippen LogP contribution in [0.4, 0.5) is 0 Å². The summed E-state index contributed by atoms with van der Waals surface area (Å²) in [7, 11) is 0. The summed E-state index contributed by atoms with van der Waals surface area (Å²) in [4.78, 5) is 16.2. The molecule has 0 spiro atoms. The third-order valence-corrected chi connectivity index (χ3v) is 3.70. The van der Waals surface area contributed by atoms with E-state index in [2.05, 4.69) is 21.7 Å². The van der Waals surface area contributed by atoms with Crippen LogP contribution in [-0.4, -0.2) is 22.1 Å². The fourth-order valence-corrected chi connectivity index (χ4v) is 2.58. The Hall–Kier alpha value is -3.14. The van der Waals surface area contributed by atoms with Crippen LogP contribution in [0.2, 0.25) is 0 Å². The molecule has 0 aliphatic heterocycles. The molecule has 1 heterocycles. The van der Waals surface area contributed by atoms with E-state index in [4.69, 9.17) is 4.74 Å². The topological polar surface area (TPSA) is 44.1 Å². The molecular formula is C21H20N2O2. The Kier molecular flexibility index (Phi) is 5.42. The maximum absolute atomic E-state index is 11.5. The fraction of sp³-hybridized carbons (Fsp3) is 0.143. The van der Waals surface area contributed by atoms with Gasteiger partial charge in [-0.15, -0.1) is 0 Å². The first-order valence-electron chi connectivity index (χ1n) is 8.27. The molecule has 4 nitrogen and oxygen atoms in total. The summed E-state index contributed by atoms with van der Waals surface area (Å²) >= 11 is 0. The van der Waals surface area contributed by atoms with Crippen molar-refractivity contribution in [2.75, 3.05) is 6.61 Å². The molecule has 2 aromatic carbocycles. The van der Waals surface area contributed by atoms with E-state index in [0.717, 1.165) is 17.1 Å². The number of ether oxygens (including phenoxy) is 1. The molecule has 4 heteroatoms. The minimum absolute atomic E-state index is 0.360. The van der Waals surface area contributed by atoms with E-state index in [9.17, 15) is 4.79 Å². The number of carbonyl (C=O) groups is 1. The van der Waals surface area contributed by atoms with Crippen molar-refractivity contribution >= 4 is 12.0 Å². The van der Waals surface area contributed by atoms with Crippen molar-refractivity contribution in [1.82, 2.24) is 9.55 Å². The number of carbonyl (C=O) groups excluding carboxylic acids is 1. The summed E-state index contributed by atoms with van der Waals surface area (Å²) in [5.41, 5.74) is 2.95. The Bertz CT molecular complexity index is 852. The van der Waals surface area contributed by atoms with Crippen LogP contribution in [0, 0.1) is 0 Å². The summed E-state index contributed by atoms with van der Waals surface area (Å²) in [6, 6.07) is 20.2. The predicted octanol–water partition coefficient (Wildman–Crippen LogP) is 4.17. The van der Waals surface area contributed by atoms with Crippen LogP contribution in [0.25, 0.3) is 17.5 Å². The molecule has 126 valence electrons. The lowest BCUT2D eigenvalue weighted by molar-refractivity contribution is -0.137. The minimum Gasteiger partial charge on any atom is -0.463 e. The molecule has 0 bridgehead atoms. The van der Waals surface area contributed by atoms with E-state index in [1.807, 2.05) is 54.7 Å². The average molecular weight is 332 g/mol. The molecule has 0 atom stereocenters. The smallest absolute Gasteiger partial charge is 0.330 e. The Morgan fingerprint density at radius 2 is 1.76 bits per heavy atom. The summed E-state index contributed by atoms with van der Waals surface area (Å²) in [5, 5.41) is 0. The molecule has 0 saturated heterocycles. The van der Waals surface area contributed by atoms with Gasteiger partial charge in [0.05, 0.1) is 12.3 Å². The van der Waals surface area contributed by atoms with Crippen molar-refractivity contribution in [3.63, 3.8) is 0 Å². The number of hydrogen-bond donors (Lipinski definition) is 0. The van der Waals surface area contributed by atoms with Gasteiger partial charge < -0.3 is 9.30 Å². The quantitative estimate of drug-likeness (QED) is 0.502. The van der Waals surface area contributed by atoms with E-state index in [1.165, 1.54) is 11.6 Å². The minimum atomic E-state index is -0.360. The van der Waals surface area contributed by atoms with Gasteiger partial charge in [-0.1, -0.05) is 60.7 Å². The zero-order valence-corrected chi connectivity index (χ0v) is 14.1. The zero-order valence-electron chi connectivity index (χ0n) is 14.1. The van der Waals surface area contributed by atoms with Crippen LogP contribution in [0.5, 0.6) is 0 Å². The molecule has 0 saturated carbocycles. The number of aromatic nitrogens is 2. The van der Waals surface area contributed by atoms with Gasteiger partial charge in [-0.05, 0) is 18.6 Å². The maximum Gasteiger partial charge on any atom is 0.330 e. The van der Waals surface area contributed by atoms with Crippen LogP contribution < -0.4 is 0 Å². The Morgan fingerprint density at radius 3 is 2.44 bits per heavy atom. The highest BCUT2D eigenvalue weighted by Crippen LogP contribution is 2.20. The number of imidazole rings is 1. The molecule has 3 aromatic rings. The van der Waals surface area contributed by atoms with Crippen molar-refractivity contribution < 1.29 is 9.53 Å². The van der Waals surface area contributed by atoms with Crippen molar-refractivity contribution in [2.24, 2.45) is 0 Å². The van der Waals surface area contributed by atoms with E-state index in [0.29, 0.717) is 13.2 Å². The van der Waals surface area contributed by atoms with Gasteiger partial charge in [0, 0.05) is 24.4 Å². The molecule has 0 amide bonds. The Labute approximate surface area is 147 Å². The molecule has 0 unspecified atom stereocenters. The predicted molar refractivity (Wildman–Crippen MR) is 98.9 cm³/mol. The highest BCUT2D eigenvalue weighted by Gasteiger charge is 2.09. The van der Waals surface area contributed by atoms with Crippen LogP contribution >= 0.6 is 0 Å². The second-order valence-corrected chi connectivity index (χ2v) is 5.55. The van der Waals surface area contributed by atoms with Gasteiger partial charge in [-0.3, -0.25) is 0 Å². The Morgan fingerprint density at radius 1 is 1.08 bits per heavy atom. The van der Waals surface area contributed by atoms with Gasteiger partial charge in [0.2, 0.25) is 0 Å². The highest BCUT2D eigenvalue weighted by atomic mass is 16.5. The van der Waals surface area contributed by atoms with E-state index >= 15 is 0 Å². The van der Waals surface area contributed by atoms with Crippen LogP contribution in [0.3, 0.4) is 0 Å². The Balaban J connectivity index is 1.93. The van der Waals surface area contributed by atoms with Gasteiger partial charge in [0.15, 0.2) is 0 Å². The van der Waals surface area contributed by atoms with Crippen molar-refractivity contribution in [3.8, 4) is 11.4 Å².